The number of rotatable bonds is 4. The lowest BCUT2D eigenvalue weighted by molar-refractivity contribution is 0.287. The fraction of sp³-hybridized carbons (Fsp3) is 0.625. The summed E-state index contributed by atoms with van der Waals surface area (Å²) in [5, 5.41) is 3.81. The van der Waals surface area contributed by atoms with Crippen LogP contribution in [0.1, 0.15) is 44.2 Å². The van der Waals surface area contributed by atoms with Crippen molar-refractivity contribution in [1.82, 2.24) is 10.2 Å². The topological polar surface area (TPSA) is 15.3 Å². The highest BCUT2D eigenvalue weighted by molar-refractivity contribution is 5.20. The number of hydrogen-bond acceptors (Lipinski definition) is 2. The van der Waals surface area contributed by atoms with Gasteiger partial charge in [-0.1, -0.05) is 19.1 Å². The molecule has 0 spiro atoms. The number of nitrogens with zero attached hydrogens (tertiary/aromatic N) is 1. The summed E-state index contributed by atoms with van der Waals surface area (Å²) in [6.45, 7) is 4.71. The summed E-state index contributed by atoms with van der Waals surface area (Å²) in [6.07, 6.45) is 4.98. The number of benzene rings is 1. The number of nitrogens with one attached hydrogen (secondary N) is 1. The SMILES string of the molecule is CCC(NC1CCN2CCCC12)c1ccc(F)cc1. The Hall–Kier alpha value is -0.930. The molecule has 1 aromatic carbocycles. The van der Waals surface area contributed by atoms with Crippen molar-refractivity contribution in [3.63, 3.8) is 0 Å². The molecule has 3 rings (SSSR count). The number of hydrogen-bond donors (Lipinski definition) is 1. The van der Waals surface area contributed by atoms with Gasteiger partial charge in [0.1, 0.15) is 5.82 Å². The molecule has 3 atom stereocenters. The lowest BCUT2D eigenvalue weighted by Gasteiger charge is -2.27. The highest BCUT2D eigenvalue weighted by atomic mass is 19.1. The first kappa shape index (κ1) is 13.1. The van der Waals surface area contributed by atoms with Crippen molar-refractivity contribution in [1.29, 1.82) is 0 Å². The largest absolute Gasteiger partial charge is 0.306 e. The van der Waals surface area contributed by atoms with E-state index in [0.29, 0.717) is 12.1 Å². The van der Waals surface area contributed by atoms with Gasteiger partial charge in [-0.3, -0.25) is 4.90 Å². The van der Waals surface area contributed by atoms with Gasteiger partial charge in [0.05, 0.1) is 0 Å². The average Bonchev–Trinajstić information content (AvgIpc) is 3.01. The first-order valence-electron chi connectivity index (χ1n) is 7.53. The van der Waals surface area contributed by atoms with Crippen LogP contribution < -0.4 is 5.32 Å². The van der Waals surface area contributed by atoms with Crippen LogP contribution >= 0.6 is 0 Å². The van der Waals surface area contributed by atoms with Crippen LogP contribution in [0.2, 0.25) is 0 Å². The zero-order valence-corrected chi connectivity index (χ0v) is 11.6. The molecule has 2 nitrogen and oxygen atoms in total. The Morgan fingerprint density at radius 3 is 2.79 bits per heavy atom. The summed E-state index contributed by atoms with van der Waals surface area (Å²) < 4.78 is 13.0. The van der Waals surface area contributed by atoms with Gasteiger partial charge in [-0.2, -0.15) is 0 Å². The first-order chi connectivity index (χ1) is 9.28. The molecule has 2 fully saturated rings. The molecule has 0 saturated carbocycles. The molecule has 3 heteroatoms. The summed E-state index contributed by atoms with van der Waals surface area (Å²) >= 11 is 0. The predicted molar refractivity (Wildman–Crippen MR) is 75.6 cm³/mol. The fourth-order valence-corrected chi connectivity index (χ4v) is 3.68. The van der Waals surface area contributed by atoms with Crippen molar-refractivity contribution in [2.24, 2.45) is 0 Å². The smallest absolute Gasteiger partial charge is 0.123 e. The lowest BCUT2D eigenvalue weighted by Crippen LogP contribution is -2.40. The van der Waals surface area contributed by atoms with Crippen LogP contribution in [0.15, 0.2) is 24.3 Å². The van der Waals surface area contributed by atoms with Crippen molar-refractivity contribution < 1.29 is 4.39 Å². The molecule has 0 amide bonds. The van der Waals surface area contributed by atoms with Crippen molar-refractivity contribution in [2.45, 2.75) is 50.7 Å². The normalized spacial score (nSPS) is 28.5. The molecule has 19 heavy (non-hydrogen) atoms. The van der Waals surface area contributed by atoms with Crippen molar-refractivity contribution >= 4 is 0 Å². The Balaban J connectivity index is 1.68. The Bertz CT molecular complexity index is 417. The number of fused-ring (bicyclic) bond motifs is 1. The maximum Gasteiger partial charge on any atom is 0.123 e. The fourth-order valence-electron chi connectivity index (χ4n) is 3.68. The molecule has 3 unspecified atom stereocenters. The minimum absolute atomic E-state index is 0.151. The van der Waals surface area contributed by atoms with Crippen LogP contribution in [0.3, 0.4) is 0 Å². The minimum Gasteiger partial charge on any atom is -0.306 e. The molecule has 1 aromatic rings. The molecule has 0 bridgehead atoms. The highest BCUT2D eigenvalue weighted by Crippen LogP contribution is 2.30. The lowest BCUT2D eigenvalue weighted by atomic mass is 10.00. The van der Waals surface area contributed by atoms with Gasteiger partial charge in [0.25, 0.3) is 0 Å². The second-order valence-electron chi connectivity index (χ2n) is 5.82. The van der Waals surface area contributed by atoms with Crippen molar-refractivity contribution in [3.8, 4) is 0 Å². The van der Waals surface area contributed by atoms with Gasteiger partial charge in [0.15, 0.2) is 0 Å². The molecule has 2 aliphatic rings. The third-order valence-electron chi connectivity index (χ3n) is 4.70. The van der Waals surface area contributed by atoms with E-state index < -0.39 is 0 Å². The van der Waals surface area contributed by atoms with Crippen LogP contribution in [0.4, 0.5) is 4.39 Å². The van der Waals surface area contributed by atoms with Crippen molar-refractivity contribution in [2.75, 3.05) is 13.1 Å². The summed E-state index contributed by atoms with van der Waals surface area (Å²) in [5.74, 6) is -0.151. The summed E-state index contributed by atoms with van der Waals surface area (Å²) in [6, 6.07) is 8.65. The average molecular weight is 262 g/mol. The highest BCUT2D eigenvalue weighted by Gasteiger charge is 2.37. The maximum absolute atomic E-state index is 13.0. The molecule has 2 saturated heterocycles. The van der Waals surface area contributed by atoms with E-state index in [0.717, 1.165) is 12.5 Å². The molecule has 2 heterocycles. The Kier molecular flexibility index (Phi) is 3.85. The predicted octanol–water partition coefficient (Wildman–Crippen LogP) is 3.10. The van der Waals surface area contributed by atoms with Gasteiger partial charge >= 0.3 is 0 Å². The number of halogens is 1. The Labute approximate surface area is 115 Å². The van der Waals surface area contributed by atoms with E-state index in [1.807, 2.05) is 12.1 Å². The zero-order valence-electron chi connectivity index (χ0n) is 11.6. The van der Waals surface area contributed by atoms with Crippen LogP contribution in [-0.4, -0.2) is 30.1 Å². The van der Waals surface area contributed by atoms with E-state index in [-0.39, 0.29) is 5.82 Å². The quantitative estimate of drug-likeness (QED) is 0.897. The van der Waals surface area contributed by atoms with Gasteiger partial charge in [0, 0.05) is 24.7 Å². The molecular weight excluding hydrogens is 239 g/mol. The standard InChI is InChI=1S/C16H23FN2/c1-2-14(12-5-7-13(17)8-6-12)18-15-9-11-19-10-3-4-16(15)19/h5-8,14-16,18H,2-4,9-11H2,1H3. The van der Waals surface area contributed by atoms with E-state index in [2.05, 4.69) is 17.1 Å². The van der Waals surface area contributed by atoms with Gasteiger partial charge in [-0.25, -0.2) is 4.39 Å². The van der Waals surface area contributed by atoms with Gasteiger partial charge in [0.2, 0.25) is 0 Å². The second-order valence-corrected chi connectivity index (χ2v) is 5.82. The van der Waals surface area contributed by atoms with E-state index in [1.54, 1.807) is 12.1 Å². The Morgan fingerprint density at radius 1 is 1.26 bits per heavy atom. The van der Waals surface area contributed by atoms with E-state index in [9.17, 15) is 4.39 Å². The van der Waals surface area contributed by atoms with E-state index >= 15 is 0 Å². The van der Waals surface area contributed by atoms with E-state index in [1.165, 1.54) is 37.9 Å². The van der Waals surface area contributed by atoms with Gasteiger partial charge < -0.3 is 5.32 Å². The van der Waals surface area contributed by atoms with Crippen LogP contribution in [-0.2, 0) is 0 Å². The monoisotopic (exact) mass is 262 g/mol. The summed E-state index contributed by atoms with van der Waals surface area (Å²) in [7, 11) is 0. The van der Waals surface area contributed by atoms with Crippen LogP contribution in [0, 0.1) is 5.82 Å². The molecule has 104 valence electrons. The molecule has 0 radical (unpaired) electrons. The first-order valence-corrected chi connectivity index (χ1v) is 7.53. The Morgan fingerprint density at radius 2 is 2.05 bits per heavy atom. The molecular formula is C16H23FN2. The van der Waals surface area contributed by atoms with Gasteiger partial charge in [-0.15, -0.1) is 0 Å². The molecule has 1 N–H and O–H groups in total. The van der Waals surface area contributed by atoms with E-state index in [4.69, 9.17) is 0 Å². The second kappa shape index (κ2) is 5.59. The van der Waals surface area contributed by atoms with Gasteiger partial charge in [-0.05, 0) is 49.9 Å². The van der Waals surface area contributed by atoms with Crippen LogP contribution in [0.25, 0.3) is 0 Å². The van der Waals surface area contributed by atoms with Crippen LogP contribution in [0.5, 0.6) is 0 Å². The maximum atomic E-state index is 13.0. The molecule has 0 aromatic heterocycles. The third-order valence-corrected chi connectivity index (χ3v) is 4.70. The minimum atomic E-state index is -0.151. The summed E-state index contributed by atoms with van der Waals surface area (Å²) in [5.41, 5.74) is 1.21. The molecule has 2 aliphatic heterocycles. The zero-order chi connectivity index (χ0) is 13.2. The van der Waals surface area contributed by atoms with Crippen molar-refractivity contribution in [3.05, 3.63) is 35.6 Å². The third kappa shape index (κ3) is 2.67. The summed E-state index contributed by atoms with van der Waals surface area (Å²) in [4.78, 5) is 2.62. The molecule has 0 aliphatic carbocycles.